The Labute approximate surface area is 90.1 Å². The van der Waals surface area contributed by atoms with Crippen LogP contribution in [-0.4, -0.2) is 17.8 Å². The van der Waals surface area contributed by atoms with Gasteiger partial charge in [0.1, 0.15) is 0 Å². The van der Waals surface area contributed by atoms with Gasteiger partial charge < -0.3 is 10.8 Å². The molecule has 0 spiro atoms. The topological polar surface area (TPSA) is 46.2 Å². The zero-order chi connectivity index (χ0) is 10.4. The van der Waals surface area contributed by atoms with Gasteiger partial charge in [0.15, 0.2) is 0 Å². The molecule has 0 saturated heterocycles. The van der Waals surface area contributed by atoms with Crippen molar-refractivity contribution in [1.29, 1.82) is 0 Å². The van der Waals surface area contributed by atoms with E-state index < -0.39 is 0 Å². The van der Waals surface area contributed by atoms with Gasteiger partial charge in [-0.2, -0.15) is 0 Å². The van der Waals surface area contributed by atoms with Crippen molar-refractivity contribution < 1.29 is 5.11 Å². The monoisotopic (exact) mass is 203 g/mol. The summed E-state index contributed by atoms with van der Waals surface area (Å²) in [6.07, 6.45) is 1.67. The molecule has 0 aliphatic heterocycles. The van der Waals surface area contributed by atoms with Crippen LogP contribution in [0, 0.1) is 5.92 Å². The number of hydrogen-bond donors (Lipinski definition) is 2. The fourth-order valence-corrected chi connectivity index (χ4v) is 3.54. The van der Waals surface area contributed by atoms with Gasteiger partial charge in [-0.1, -0.05) is 24.3 Å². The van der Waals surface area contributed by atoms with Crippen LogP contribution in [0.15, 0.2) is 24.3 Å². The Morgan fingerprint density at radius 2 is 1.67 bits per heavy atom. The van der Waals surface area contributed by atoms with Crippen LogP contribution in [0.4, 0.5) is 0 Å². The lowest BCUT2D eigenvalue weighted by molar-refractivity contribution is 0.0918. The first kappa shape index (κ1) is 9.37. The minimum Gasteiger partial charge on any atom is -0.393 e. The summed E-state index contributed by atoms with van der Waals surface area (Å²) >= 11 is 0. The SMILES string of the molecule is NCC1C2CC(O)CC1c1ccccc12. The van der Waals surface area contributed by atoms with Crippen LogP contribution in [-0.2, 0) is 0 Å². The molecule has 3 N–H and O–H groups in total. The second kappa shape index (κ2) is 3.32. The summed E-state index contributed by atoms with van der Waals surface area (Å²) in [7, 11) is 0. The molecule has 1 aromatic carbocycles. The molecule has 2 bridgehead atoms. The highest BCUT2D eigenvalue weighted by molar-refractivity contribution is 5.41. The van der Waals surface area contributed by atoms with Gasteiger partial charge in [-0.25, -0.2) is 0 Å². The third kappa shape index (κ3) is 1.25. The zero-order valence-electron chi connectivity index (χ0n) is 8.76. The first-order chi connectivity index (χ1) is 7.31. The maximum Gasteiger partial charge on any atom is 0.0552 e. The van der Waals surface area contributed by atoms with Crippen molar-refractivity contribution >= 4 is 0 Å². The van der Waals surface area contributed by atoms with Gasteiger partial charge in [-0.15, -0.1) is 0 Å². The van der Waals surface area contributed by atoms with Crippen LogP contribution >= 0.6 is 0 Å². The number of hydrogen-bond acceptors (Lipinski definition) is 2. The maximum atomic E-state index is 9.83. The van der Waals surface area contributed by atoms with Gasteiger partial charge in [0.25, 0.3) is 0 Å². The average molecular weight is 203 g/mol. The van der Waals surface area contributed by atoms with Crippen LogP contribution in [0.1, 0.15) is 35.8 Å². The highest BCUT2D eigenvalue weighted by Gasteiger charge is 2.44. The minimum atomic E-state index is -0.129. The molecule has 0 aromatic heterocycles. The second-order valence-electron chi connectivity index (χ2n) is 4.87. The van der Waals surface area contributed by atoms with Crippen molar-refractivity contribution in [3.63, 3.8) is 0 Å². The third-order valence-corrected chi connectivity index (χ3v) is 4.15. The van der Waals surface area contributed by atoms with E-state index in [9.17, 15) is 5.11 Å². The van der Waals surface area contributed by atoms with Crippen molar-refractivity contribution in [1.82, 2.24) is 0 Å². The molecule has 1 saturated carbocycles. The van der Waals surface area contributed by atoms with Crippen molar-refractivity contribution in [2.45, 2.75) is 30.8 Å². The summed E-state index contributed by atoms with van der Waals surface area (Å²) in [4.78, 5) is 0. The number of nitrogens with two attached hydrogens (primary N) is 1. The molecule has 2 heteroatoms. The van der Waals surface area contributed by atoms with Crippen molar-refractivity contribution in [2.24, 2.45) is 11.7 Å². The van der Waals surface area contributed by atoms with Gasteiger partial charge in [-0.05, 0) is 48.3 Å². The summed E-state index contributed by atoms with van der Waals surface area (Å²) < 4.78 is 0. The summed E-state index contributed by atoms with van der Waals surface area (Å²) in [6.45, 7) is 0.747. The fourth-order valence-electron chi connectivity index (χ4n) is 3.54. The number of fused-ring (bicyclic) bond motifs is 5. The summed E-state index contributed by atoms with van der Waals surface area (Å²) in [5, 5.41) is 9.83. The molecule has 3 rings (SSSR count). The molecule has 0 radical (unpaired) electrons. The van der Waals surface area contributed by atoms with E-state index in [0.717, 1.165) is 19.4 Å². The van der Waals surface area contributed by atoms with Crippen LogP contribution in [0.5, 0.6) is 0 Å². The van der Waals surface area contributed by atoms with Gasteiger partial charge in [0.05, 0.1) is 6.10 Å². The fraction of sp³-hybridized carbons (Fsp3) is 0.538. The van der Waals surface area contributed by atoms with E-state index in [-0.39, 0.29) is 6.10 Å². The molecule has 2 aliphatic rings. The largest absolute Gasteiger partial charge is 0.393 e. The highest BCUT2D eigenvalue weighted by atomic mass is 16.3. The average Bonchev–Trinajstić information content (AvgIpc) is 2.46. The molecule has 15 heavy (non-hydrogen) atoms. The standard InChI is InChI=1S/C13H17NO/c14-7-13-11-5-8(15)6-12(13)10-4-2-1-3-9(10)11/h1-4,8,11-13,15H,5-7,14H2. The van der Waals surface area contributed by atoms with Crippen molar-refractivity contribution in [3.8, 4) is 0 Å². The Morgan fingerprint density at radius 1 is 1.13 bits per heavy atom. The van der Waals surface area contributed by atoms with Crippen molar-refractivity contribution in [3.05, 3.63) is 35.4 Å². The molecule has 2 aliphatic carbocycles. The molecule has 1 aromatic rings. The molecule has 1 fully saturated rings. The van der Waals surface area contributed by atoms with Crippen LogP contribution in [0.25, 0.3) is 0 Å². The van der Waals surface area contributed by atoms with E-state index in [2.05, 4.69) is 24.3 Å². The third-order valence-electron chi connectivity index (χ3n) is 4.15. The normalized spacial score (nSPS) is 37.7. The molecule has 2 atom stereocenters. The smallest absolute Gasteiger partial charge is 0.0552 e. The van der Waals surface area contributed by atoms with Crippen molar-refractivity contribution in [2.75, 3.05) is 6.54 Å². The highest BCUT2D eigenvalue weighted by Crippen LogP contribution is 2.53. The van der Waals surface area contributed by atoms with E-state index in [1.807, 2.05) is 0 Å². The number of aliphatic hydroxyl groups excluding tert-OH is 1. The number of aliphatic hydroxyl groups is 1. The van der Waals surface area contributed by atoms with Crippen LogP contribution in [0.3, 0.4) is 0 Å². The lowest BCUT2D eigenvalue weighted by Gasteiger charge is -2.32. The number of rotatable bonds is 1. The van der Waals surface area contributed by atoms with Gasteiger partial charge in [0.2, 0.25) is 0 Å². The Morgan fingerprint density at radius 3 is 2.13 bits per heavy atom. The van der Waals surface area contributed by atoms with E-state index >= 15 is 0 Å². The van der Waals surface area contributed by atoms with E-state index in [4.69, 9.17) is 5.73 Å². The molecule has 0 heterocycles. The van der Waals surface area contributed by atoms with Crippen LogP contribution in [0.2, 0.25) is 0 Å². The molecular formula is C13H17NO. The Balaban J connectivity index is 2.08. The molecular weight excluding hydrogens is 186 g/mol. The Bertz CT molecular complexity index is 344. The van der Waals surface area contributed by atoms with Gasteiger partial charge in [-0.3, -0.25) is 0 Å². The minimum absolute atomic E-state index is 0.129. The summed E-state index contributed by atoms with van der Waals surface area (Å²) in [5.74, 6) is 1.56. The molecule has 0 amide bonds. The van der Waals surface area contributed by atoms with Gasteiger partial charge >= 0.3 is 0 Å². The zero-order valence-corrected chi connectivity index (χ0v) is 8.76. The molecule has 80 valence electrons. The summed E-state index contributed by atoms with van der Waals surface area (Å²) in [5.41, 5.74) is 8.75. The van der Waals surface area contributed by atoms with E-state index in [0.29, 0.717) is 17.8 Å². The Hall–Kier alpha value is -0.860. The number of benzene rings is 1. The second-order valence-corrected chi connectivity index (χ2v) is 4.87. The van der Waals surface area contributed by atoms with Crippen LogP contribution < -0.4 is 5.73 Å². The van der Waals surface area contributed by atoms with Gasteiger partial charge in [0, 0.05) is 0 Å². The molecule has 2 unspecified atom stereocenters. The first-order valence-electron chi connectivity index (χ1n) is 5.78. The lowest BCUT2D eigenvalue weighted by atomic mass is 9.75. The Kier molecular flexibility index (Phi) is 2.08. The maximum absolute atomic E-state index is 9.83. The molecule has 2 nitrogen and oxygen atoms in total. The lowest BCUT2D eigenvalue weighted by Crippen LogP contribution is -2.31. The van der Waals surface area contributed by atoms with E-state index in [1.54, 1.807) is 0 Å². The summed E-state index contributed by atoms with van der Waals surface area (Å²) in [6, 6.07) is 8.61. The predicted molar refractivity (Wildman–Crippen MR) is 59.7 cm³/mol. The van der Waals surface area contributed by atoms with E-state index in [1.165, 1.54) is 11.1 Å². The quantitative estimate of drug-likeness (QED) is 0.728. The predicted octanol–water partition coefficient (Wildman–Crippen LogP) is 1.60. The first-order valence-corrected chi connectivity index (χ1v) is 5.78.